The van der Waals surface area contributed by atoms with Crippen molar-refractivity contribution in [3.8, 4) is 0 Å². The molecule has 1 N–H and O–H groups in total. The highest BCUT2D eigenvalue weighted by Gasteiger charge is 2.35. The van der Waals surface area contributed by atoms with E-state index in [1.807, 2.05) is 6.92 Å². The zero-order valence-corrected chi connectivity index (χ0v) is 10.6. The number of fused-ring (bicyclic) bond motifs is 1. The maximum absolute atomic E-state index is 12.2. The summed E-state index contributed by atoms with van der Waals surface area (Å²) in [4.78, 5) is 0.227. The van der Waals surface area contributed by atoms with Crippen LogP contribution in [0.15, 0.2) is 23.1 Å². The number of halogens is 1. The summed E-state index contributed by atoms with van der Waals surface area (Å²) in [7, 11) is -3.51. The second-order valence-electron chi connectivity index (χ2n) is 3.68. The number of nitrogens with one attached hydrogen (secondary N) is 1. The quantitative estimate of drug-likeness (QED) is 0.839. The van der Waals surface area contributed by atoms with Gasteiger partial charge in [0.25, 0.3) is 10.0 Å². The molecule has 16 heavy (non-hydrogen) atoms. The normalized spacial score (nSPS) is 24.1. The minimum Gasteiger partial charge on any atom is -0.234 e. The minimum atomic E-state index is -3.51. The summed E-state index contributed by atoms with van der Waals surface area (Å²) in [5.74, 6) is 0. The van der Waals surface area contributed by atoms with E-state index in [0.717, 1.165) is 5.56 Å². The first-order valence-corrected chi connectivity index (χ1v) is 6.87. The lowest BCUT2D eigenvalue weighted by atomic mass is 10.1. The Balaban J connectivity index is 2.71. The number of rotatable bonds is 1. The van der Waals surface area contributed by atoms with Crippen LogP contribution in [0.2, 0.25) is 5.02 Å². The molecule has 1 unspecified atom stereocenters. The van der Waals surface area contributed by atoms with Gasteiger partial charge in [0, 0.05) is 12.6 Å². The Bertz CT molecular complexity index is 516. The van der Waals surface area contributed by atoms with Gasteiger partial charge in [0.05, 0.1) is 5.02 Å². The Labute approximate surface area is 100 Å². The van der Waals surface area contributed by atoms with E-state index in [-0.39, 0.29) is 16.0 Å². The van der Waals surface area contributed by atoms with Crippen molar-refractivity contribution in [1.82, 2.24) is 9.84 Å². The fourth-order valence-electron chi connectivity index (χ4n) is 1.87. The van der Waals surface area contributed by atoms with Crippen LogP contribution in [0.3, 0.4) is 0 Å². The molecule has 6 heteroatoms. The van der Waals surface area contributed by atoms with Gasteiger partial charge < -0.3 is 0 Å². The van der Waals surface area contributed by atoms with Gasteiger partial charge in [0.1, 0.15) is 4.90 Å². The molecule has 0 amide bonds. The highest BCUT2D eigenvalue weighted by Crippen LogP contribution is 2.34. The van der Waals surface area contributed by atoms with Crippen molar-refractivity contribution in [2.24, 2.45) is 0 Å². The largest absolute Gasteiger partial charge is 0.257 e. The molecular formula is C10H13ClN2O2S. The first-order valence-electron chi connectivity index (χ1n) is 5.05. The van der Waals surface area contributed by atoms with Crippen LogP contribution in [0, 0.1) is 0 Å². The average molecular weight is 261 g/mol. The maximum Gasteiger partial charge on any atom is 0.257 e. The van der Waals surface area contributed by atoms with Crippen LogP contribution in [0.5, 0.6) is 0 Å². The van der Waals surface area contributed by atoms with Crippen molar-refractivity contribution in [2.45, 2.75) is 24.8 Å². The summed E-state index contributed by atoms with van der Waals surface area (Å²) in [5.41, 5.74) is 3.65. The second-order valence-corrected chi connectivity index (χ2v) is 5.89. The Morgan fingerprint density at radius 3 is 2.81 bits per heavy atom. The predicted octanol–water partition coefficient (Wildman–Crippen LogP) is 1.93. The number of nitrogens with zero attached hydrogens (tertiary/aromatic N) is 1. The van der Waals surface area contributed by atoms with Gasteiger partial charge >= 0.3 is 0 Å². The molecule has 0 bridgehead atoms. The molecule has 0 fully saturated rings. The molecule has 0 aliphatic carbocycles. The molecule has 1 aromatic carbocycles. The second kappa shape index (κ2) is 4.00. The number of hydrazine groups is 1. The van der Waals surface area contributed by atoms with E-state index in [1.54, 1.807) is 25.1 Å². The van der Waals surface area contributed by atoms with Crippen molar-refractivity contribution in [3.05, 3.63) is 28.8 Å². The lowest BCUT2D eigenvalue weighted by Gasteiger charge is -2.33. The van der Waals surface area contributed by atoms with Crippen LogP contribution < -0.4 is 5.43 Å². The zero-order valence-electron chi connectivity index (χ0n) is 9.07. The van der Waals surface area contributed by atoms with Gasteiger partial charge in [-0.25, -0.2) is 13.8 Å². The van der Waals surface area contributed by atoms with Crippen LogP contribution in [0.25, 0.3) is 0 Å². The van der Waals surface area contributed by atoms with Gasteiger partial charge in [-0.2, -0.15) is 0 Å². The summed E-state index contributed by atoms with van der Waals surface area (Å²) in [6, 6.07) is 5.08. The summed E-state index contributed by atoms with van der Waals surface area (Å²) in [6.07, 6.45) is 0. The Morgan fingerprint density at radius 2 is 2.19 bits per heavy atom. The SMILES string of the molecule is CCN1NC(C)c2cccc(Cl)c2S1(=O)=O. The molecule has 0 saturated carbocycles. The molecule has 2 rings (SSSR count). The van der Waals surface area contributed by atoms with E-state index in [2.05, 4.69) is 5.43 Å². The zero-order chi connectivity index (χ0) is 11.9. The summed E-state index contributed by atoms with van der Waals surface area (Å²) in [6.45, 7) is 4.06. The molecule has 0 radical (unpaired) electrons. The summed E-state index contributed by atoms with van der Waals surface area (Å²) < 4.78 is 25.6. The number of sulfonamides is 1. The van der Waals surface area contributed by atoms with Crippen LogP contribution in [0.4, 0.5) is 0 Å². The van der Waals surface area contributed by atoms with Crippen molar-refractivity contribution in [2.75, 3.05) is 6.54 Å². The first-order chi connectivity index (χ1) is 7.48. The van der Waals surface area contributed by atoms with E-state index in [9.17, 15) is 8.42 Å². The van der Waals surface area contributed by atoms with E-state index in [0.29, 0.717) is 6.54 Å². The van der Waals surface area contributed by atoms with E-state index in [4.69, 9.17) is 11.6 Å². The molecule has 1 heterocycles. The van der Waals surface area contributed by atoms with Crippen molar-refractivity contribution < 1.29 is 8.42 Å². The molecular weight excluding hydrogens is 248 g/mol. The molecule has 1 aliphatic rings. The van der Waals surface area contributed by atoms with Gasteiger partial charge in [-0.15, -0.1) is 4.41 Å². The first kappa shape index (κ1) is 11.9. The topological polar surface area (TPSA) is 49.4 Å². The number of hydrogen-bond donors (Lipinski definition) is 1. The third-order valence-corrected chi connectivity index (χ3v) is 4.98. The molecule has 88 valence electrons. The Morgan fingerprint density at radius 1 is 1.50 bits per heavy atom. The van der Waals surface area contributed by atoms with E-state index in [1.165, 1.54) is 4.41 Å². The monoisotopic (exact) mass is 260 g/mol. The van der Waals surface area contributed by atoms with Crippen molar-refractivity contribution >= 4 is 21.6 Å². The van der Waals surface area contributed by atoms with Crippen LogP contribution in [-0.2, 0) is 10.0 Å². The smallest absolute Gasteiger partial charge is 0.234 e. The molecule has 4 nitrogen and oxygen atoms in total. The van der Waals surface area contributed by atoms with Crippen molar-refractivity contribution in [1.29, 1.82) is 0 Å². The van der Waals surface area contributed by atoms with Gasteiger partial charge in [-0.05, 0) is 25.5 Å². The highest BCUT2D eigenvalue weighted by molar-refractivity contribution is 7.89. The third kappa shape index (κ3) is 1.64. The van der Waals surface area contributed by atoms with Gasteiger partial charge in [-0.3, -0.25) is 0 Å². The van der Waals surface area contributed by atoms with Crippen molar-refractivity contribution in [3.63, 3.8) is 0 Å². The van der Waals surface area contributed by atoms with Gasteiger partial charge in [0.2, 0.25) is 0 Å². The van der Waals surface area contributed by atoms with E-state index >= 15 is 0 Å². The van der Waals surface area contributed by atoms with Crippen LogP contribution >= 0.6 is 11.6 Å². The molecule has 0 saturated heterocycles. The van der Waals surface area contributed by atoms with Crippen LogP contribution in [-0.4, -0.2) is 19.4 Å². The fraction of sp³-hybridized carbons (Fsp3) is 0.400. The Kier molecular flexibility index (Phi) is 2.96. The molecule has 1 atom stereocenters. The third-order valence-electron chi connectivity index (χ3n) is 2.64. The average Bonchev–Trinajstić information content (AvgIpc) is 2.23. The lowest BCUT2D eigenvalue weighted by Crippen LogP contribution is -2.48. The lowest BCUT2D eigenvalue weighted by molar-refractivity contribution is 0.276. The number of hydrogen-bond acceptors (Lipinski definition) is 3. The summed E-state index contributed by atoms with van der Waals surface area (Å²) in [5, 5.41) is 0.282. The van der Waals surface area contributed by atoms with Gasteiger partial charge in [-0.1, -0.05) is 23.7 Å². The standard InChI is InChI=1S/C10H13ClN2O2S/c1-3-13-12-7(2)8-5-4-6-9(11)10(8)16(13,14)15/h4-7,12H,3H2,1-2H3. The minimum absolute atomic E-state index is 0.0582. The van der Waals surface area contributed by atoms with E-state index < -0.39 is 10.0 Å². The van der Waals surface area contributed by atoms with Crippen LogP contribution in [0.1, 0.15) is 25.5 Å². The predicted molar refractivity (Wildman–Crippen MR) is 62.6 cm³/mol. The van der Waals surface area contributed by atoms with Gasteiger partial charge in [0.15, 0.2) is 0 Å². The summed E-state index contributed by atoms with van der Waals surface area (Å²) >= 11 is 5.98. The molecule has 0 spiro atoms. The number of benzene rings is 1. The molecule has 1 aliphatic heterocycles. The molecule has 0 aromatic heterocycles. The highest BCUT2D eigenvalue weighted by atomic mass is 35.5. The fourth-order valence-corrected chi connectivity index (χ4v) is 4.05. The maximum atomic E-state index is 12.2. The molecule has 1 aromatic rings. The Hall–Kier alpha value is -0.620.